The average molecular weight is 300 g/mol. The smallest absolute Gasteiger partial charge is 0.387 e. The Balaban J connectivity index is 2.28. The summed E-state index contributed by atoms with van der Waals surface area (Å²) in [7, 11) is 3.03. The number of halogens is 3. The van der Waals surface area contributed by atoms with Crippen LogP contribution in [0.4, 0.5) is 18.9 Å². The van der Waals surface area contributed by atoms with Gasteiger partial charge in [0.15, 0.2) is 0 Å². The van der Waals surface area contributed by atoms with E-state index in [4.69, 9.17) is 0 Å². The molecule has 1 amide bonds. The molecule has 2 unspecified atom stereocenters. The summed E-state index contributed by atoms with van der Waals surface area (Å²) < 4.78 is 39.0. The van der Waals surface area contributed by atoms with Crippen molar-refractivity contribution in [3.05, 3.63) is 29.3 Å². The summed E-state index contributed by atoms with van der Waals surface area (Å²) in [5, 5.41) is 2.52. The SMILES string of the molecule is CNc1c(C(=O)N(C)CC2CC2C)cccc1C(F)(F)F. The molecular formula is C15H19F3N2O. The van der Waals surface area contributed by atoms with Gasteiger partial charge in [0.2, 0.25) is 0 Å². The highest BCUT2D eigenvalue weighted by atomic mass is 19.4. The van der Waals surface area contributed by atoms with Gasteiger partial charge in [-0.05, 0) is 30.4 Å². The maximum Gasteiger partial charge on any atom is 0.418 e. The van der Waals surface area contributed by atoms with Crippen molar-refractivity contribution in [2.24, 2.45) is 11.8 Å². The first-order chi connectivity index (χ1) is 9.75. The van der Waals surface area contributed by atoms with Crippen LogP contribution in [-0.4, -0.2) is 31.4 Å². The summed E-state index contributed by atoms with van der Waals surface area (Å²) in [6.07, 6.45) is -3.42. The average Bonchev–Trinajstić information content (AvgIpc) is 3.11. The van der Waals surface area contributed by atoms with E-state index in [1.54, 1.807) is 7.05 Å². The van der Waals surface area contributed by atoms with Gasteiger partial charge in [-0.1, -0.05) is 13.0 Å². The van der Waals surface area contributed by atoms with Gasteiger partial charge in [0.1, 0.15) is 0 Å². The van der Waals surface area contributed by atoms with Crippen molar-refractivity contribution < 1.29 is 18.0 Å². The van der Waals surface area contributed by atoms with Crippen LogP contribution in [0.25, 0.3) is 0 Å². The van der Waals surface area contributed by atoms with Gasteiger partial charge in [-0.25, -0.2) is 0 Å². The second-order valence-electron chi connectivity index (χ2n) is 5.63. The topological polar surface area (TPSA) is 32.3 Å². The molecule has 0 radical (unpaired) electrons. The molecule has 2 atom stereocenters. The Bertz CT molecular complexity index is 542. The number of hydrogen-bond acceptors (Lipinski definition) is 2. The van der Waals surface area contributed by atoms with E-state index in [9.17, 15) is 18.0 Å². The van der Waals surface area contributed by atoms with E-state index in [-0.39, 0.29) is 17.2 Å². The fourth-order valence-corrected chi connectivity index (χ4v) is 2.53. The zero-order chi connectivity index (χ0) is 15.8. The molecule has 6 heteroatoms. The number of nitrogens with one attached hydrogen (secondary N) is 1. The number of alkyl halides is 3. The zero-order valence-electron chi connectivity index (χ0n) is 12.3. The molecule has 1 saturated carbocycles. The molecule has 1 aliphatic carbocycles. The fraction of sp³-hybridized carbons (Fsp3) is 0.533. The first-order valence-electron chi connectivity index (χ1n) is 6.89. The number of amides is 1. The normalized spacial score (nSPS) is 21.0. The minimum Gasteiger partial charge on any atom is -0.387 e. The van der Waals surface area contributed by atoms with E-state index in [0.29, 0.717) is 18.4 Å². The van der Waals surface area contributed by atoms with E-state index in [1.807, 2.05) is 0 Å². The summed E-state index contributed by atoms with van der Waals surface area (Å²) in [6.45, 7) is 2.69. The summed E-state index contributed by atoms with van der Waals surface area (Å²) in [5.41, 5.74) is -0.919. The highest BCUT2D eigenvalue weighted by molar-refractivity contribution is 6.00. The Labute approximate surface area is 122 Å². The molecule has 3 nitrogen and oxygen atoms in total. The molecule has 1 N–H and O–H groups in total. The molecule has 1 aromatic carbocycles. The van der Waals surface area contributed by atoms with E-state index < -0.39 is 11.7 Å². The van der Waals surface area contributed by atoms with Crippen molar-refractivity contribution in [3.8, 4) is 0 Å². The molecule has 0 spiro atoms. The third-order valence-corrected chi connectivity index (χ3v) is 3.98. The number of hydrogen-bond donors (Lipinski definition) is 1. The number of carbonyl (C=O) groups is 1. The van der Waals surface area contributed by atoms with E-state index in [2.05, 4.69) is 12.2 Å². The van der Waals surface area contributed by atoms with Gasteiger partial charge < -0.3 is 10.2 Å². The molecular weight excluding hydrogens is 281 g/mol. The second-order valence-corrected chi connectivity index (χ2v) is 5.63. The van der Waals surface area contributed by atoms with Crippen LogP contribution in [0.5, 0.6) is 0 Å². The lowest BCUT2D eigenvalue weighted by molar-refractivity contribution is -0.136. The van der Waals surface area contributed by atoms with Gasteiger partial charge in [-0.2, -0.15) is 13.2 Å². The molecule has 2 rings (SSSR count). The van der Waals surface area contributed by atoms with Crippen LogP contribution in [0.3, 0.4) is 0 Å². The van der Waals surface area contributed by atoms with Gasteiger partial charge in [-0.15, -0.1) is 0 Å². The van der Waals surface area contributed by atoms with Gasteiger partial charge in [0.05, 0.1) is 16.8 Å². The summed E-state index contributed by atoms with van der Waals surface area (Å²) in [5.74, 6) is 0.665. The maximum absolute atomic E-state index is 13.0. The zero-order valence-corrected chi connectivity index (χ0v) is 12.3. The third-order valence-electron chi connectivity index (χ3n) is 3.98. The first kappa shape index (κ1) is 15.7. The Morgan fingerprint density at radius 2 is 2.05 bits per heavy atom. The van der Waals surface area contributed by atoms with Crippen molar-refractivity contribution in [2.75, 3.05) is 26.0 Å². The number of nitrogens with zero attached hydrogens (tertiary/aromatic N) is 1. The standard InChI is InChI=1S/C15H19F3N2O/c1-9-7-10(9)8-20(3)14(21)11-5-4-6-12(13(11)19-2)15(16,17)18/h4-6,9-10,19H,7-8H2,1-3H3. The van der Waals surface area contributed by atoms with E-state index in [0.717, 1.165) is 12.5 Å². The lowest BCUT2D eigenvalue weighted by Gasteiger charge is -2.21. The third kappa shape index (κ3) is 3.31. The van der Waals surface area contributed by atoms with Crippen LogP contribution in [-0.2, 0) is 6.18 Å². The lowest BCUT2D eigenvalue weighted by atomic mass is 10.1. The Morgan fingerprint density at radius 3 is 2.52 bits per heavy atom. The molecule has 0 saturated heterocycles. The summed E-state index contributed by atoms with van der Waals surface area (Å²) in [6, 6.07) is 3.67. The van der Waals surface area contributed by atoms with Crippen LogP contribution < -0.4 is 5.32 Å². The Morgan fingerprint density at radius 1 is 1.43 bits per heavy atom. The van der Waals surface area contributed by atoms with Crippen LogP contribution in [0.1, 0.15) is 29.3 Å². The van der Waals surface area contributed by atoms with Gasteiger partial charge in [0.25, 0.3) is 5.91 Å². The maximum atomic E-state index is 13.0. The monoisotopic (exact) mass is 300 g/mol. The number of anilines is 1. The number of rotatable bonds is 4. The number of benzene rings is 1. The van der Waals surface area contributed by atoms with Crippen molar-refractivity contribution in [2.45, 2.75) is 19.5 Å². The van der Waals surface area contributed by atoms with Gasteiger partial charge in [0, 0.05) is 20.6 Å². The summed E-state index contributed by atoms with van der Waals surface area (Å²) >= 11 is 0. The predicted molar refractivity (Wildman–Crippen MR) is 75.2 cm³/mol. The fourth-order valence-electron chi connectivity index (χ4n) is 2.53. The molecule has 0 bridgehead atoms. The Hall–Kier alpha value is -1.72. The molecule has 1 aliphatic rings. The minimum atomic E-state index is -4.49. The van der Waals surface area contributed by atoms with Crippen molar-refractivity contribution in [1.82, 2.24) is 4.90 Å². The predicted octanol–water partition coefficient (Wildman–Crippen LogP) is 3.48. The highest BCUT2D eigenvalue weighted by Gasteiger charge is 2.37. The molecule has 1 fully saturated rings. The second kappa shape index (κ2) is 5.58. The number of para-hydroxylation sites is 1. The highest BCUT2D eigenvalue weighted by Crippen LogP contribution is 2.39. The van der Waals surface area contributed by atoms with Gasteiger partial charge >= 0.3 is 6.18 Å². The van der Waals surface area contributed by atoms with Crippen molar-refractivity contribution in [3.63, 3.8) is 0 Å². The van der Waals surface area contributed by atoms with E-state index >= 15 is 0 Å². The van der Waals surface area contributed by atoms with Crippen LogP contribution in [0, 0.1) is 11.8 Å². The molecule has 0 heterocycles. The van der Waals surface area contributed by atoms with Crippen molar-refractivity contribution in [1.29, 1.82) is 0 Å². The molecule has 0 aliphatic heterocycles. The molecule has 0 aromatic heterocycles. The van der Waals surface area contributed by atoms with Gasteiger partial charge in [-0.3, -0.25) is 4.79 Å². The number of carbonyl (C=O) groups excluding carboxylic acids is 1. The minimum absolute atomic E-state index is 0.0585. The quantitative estimate of drug-likeness (QED) is 0.923. The largest absolute Gasteiger partial charge is 0.418 e. The molecule has 21 heavy (non-hydrogen) atoms. The lowest BCUT2D eigenvalue weighted by Crippen LogP contribution is -2.30. The van der Waals surface area contributed by atoms with Crippen LogP contribution >= 0.6 is 0 Å². The molecule has 1 aromatic rings. The first-order valence-corrected chi connectivity index (χ1v) is 6.89. The Kier molecular flexibility index (Phi) is 4.16. The van der Waals surface area contributed by atoms with Crippen LogP contribution in [0.2, 0.25) is 0 Å². The van der Waals surface area contributed by atoms with Crippen LogP contribution in [0.15, 0.2) is 18.2 Å². The summed E-state index contributed by atoms with van der Waals surface area (Å²) in [4.78, 5) is 13.9. The molecule has 116 valence electrons. The van der Waals surface area contributed by atoms with E-state index in [1.165, 1.54) is 24.1 Å². The van der Waals surface area contributed by atoms with Crippen molar-refractivity contribution >= 4 is 11.6 Å².